The van der Waals surface area contributed by atoms with Gasteiger partial charge in [-0.05, 0) is 19.4 Å². The van der Waals surface area contributed by atoms with Crippen LogP contribution in [0.15, 0.2) is 4.34 Å². The number of anilines is 1. The van der Waals surface area contributed by atoms with Gasteiger partial charge in [-0.25, -0.2) is 0 Å². The first-order valence-electron chi connectivity index (χ1n) is 7.03. The van der Waals surface area contributed by atoms with E-state index in [0.29, 0.717) is 11.3 Å². The van der Waals surface area contributed by atoms with Crippen LogP contribution in [0.4, 0.5) is 5.13 Å². The standard InChI is InChI=1S/C13H26N4S2/c1-6-9-10(14-8-3)11(7-2)18-13-16-15-12(19-13)17(4)5/h10-11,14H,6-9H2,1-5H3. The molecule has 110 valence electrons. The number of hydrogen-bond donors (Lipinski definition) is 1. The van der Waals surface area contributed by atoms with E-state index in [2.05, 4.69) is 36.3 Å². The fourth-order valence-electron chi connectivity index (χ4n) is 2.00. The number of thioether (sulfide) groups is 1. The molecule has 0 aliphatic rings. The van der Waals surface area contributed by atoms with Crippen LogP contribution in [-0.2, 0) is 0 Å². The molecule has 0 amide bonds. The summed E-state index contributed by atoms with van der Waals surface area (Å²) in [5.74, 6) is 0. The summed E-state index contributed by atoms with van der Waals surface area (Å²) in [7, 11) is 4.01. The second-order valence-electron chi connectivity index (χ2n) is 4.76. The maximum atomic E-state index is 4.29. The quantitative estimate of drug-likeness (QED) is 0.709. The van der Waals surface area contributed by atoms with E-state index in [1.807, 2.05) is 30.8 Å². The zero-order valence-corrected chi connectivity index (χ0v) is 14.3. The first-order chi connectivity index (χ1) is 9.12. The molecule has 1 rings (SSSR count). The molecule has 0 saturated carbocycles. The molecule has 2 atom stereocenters. The van der Waals surface area contributed by atoms with Crippen molar-refractivity contribution in [1.82, 2.24) is 15.5 Å². The zero-order valence-electron chi connectivity index (χ0n) is 12.6. The highest BCUT2D eigenvalue weighted by molar-refractivity contribution is 8.01. The highest BCUT2D eigenvalue weighted by Gasteiger charge is 2.21. The Labute approximate surface area is 125 Å². The molecule has 0 aliphatic carbocycles. The van der Waals surface area contributed by atoms with Crippen LogP contribution in [0, 0.1) is 0 Å². The predicted octanol–water partition coefficient (Wildman–Crippen LogP) is 3.25. The third kappa shape index (κ3) is 5.28. The molecule has 0 aromatic carbocycles. The Morgan fingerprint density at radius 1 is 1.26 bits per heavy atom. The van der Waals surface area contributed by atoms with Crippen LogP contribution in [0.25, 0.3) is 0 Å². The maximum absolute atomic E-state index is 4.29. The van der Waals surface area contributed by atoms with E-state index >= 15 is 0 Å². The topological polar surface area (TPSA) is 41.1 Å². The summed E-state index contributed by atoms with van der Waals surface area (Å²) < 4.78 is 1.08. The van der Waals surface area contributed by atoms with Gasteiger partial charge in [0, 0.05) is 25.4 Å². The predicted molar refractivity (Wildman–Crippen MR) is 86.5 cm³/mol. The van der Waals surface area contributed by atoms with E-state index in [4.69, 9.17) is 0 Å². The Bertz CT molecular complexity index is 348. The normalized spacial score (nSPS) is 14.4. The first kappa shape index (κ1) is 16.7. The molecule has 1 aromatic heterocycles. The molecular weight excluding hydrogens is 276 g/mol. The van der Waals surface area contributed by atoms with Gasteiger partial charge in [-0.1, -0.05) is 50.3 Å². The molecule has 1 aromatic rings. The summed E-state index contributed by atoms with van der Waals surface area (Å²) in [5, 5.41) is 13.7. The van der Waals surface area contributed by atoms with Gasteiger partial charge >= 0.3 is 0 Å². The third-order valence-corrected chi connectivity index (χ3v) is 5.62. The van der Waals surface area contributed by atoms with Gasteiger partial charge in [0.15, 0.2) is 4.34 Å². The maximum Gasteiger partial charge on any atom is 0.208 e. The third-order valence-electron chi connectivity index (χ3n) is 2.95. The van der Waals surface area contributed by atoms with E-state index < -0.39 is 0 Å². The van der Waals surface area contributed by atoms with Crippen molar-refractivity contribution >= 4 is 28.2 Å². The van der Waals surface area contributed by atoms with Gasteiger partial charge in [0.05, 0.1) is 0 Å². The van der Waals surface area contributed by atoms with Crippen molar-refractivity contribution in [1.29, 1.82) is 0 Å². The summed E-state index contributed by atoms with van der Waals surface area (Å²) >= 11 is 3.55. The van der Waals surface area contributed by atoms with Crippen LogP contribution < -0.4 is 10.2 Å². The lowest BCUT2D eigenvalue weighted by molar-refractivity contribution is 0.465. The number of nitrogens with one attached hydrogen (secondary N) is 1. The molecule has 4 nitrogen and oxygen atoms in total. The Kier molecular flexibility index (Phi) is 7.71. The van der Waals surface area contributed by atoms with E-state index in [-0.39, 0.29) is 0 Å². The summed E-state index contributed by atoms with van der Waals surface area (Å²) in [6, 6.07) is 0.566. The van der Waals surface area contributed by atoms with Crippen molar-refractivity contribution in [2.45, 2.75) is 55.7 Å². The molecule has 0 radical (unpaired) electrons. The summed E-state index contributed by atoms with van der Waals surface area (Å²) in [6.45, 7) is 7.71. The van der Waals surface area contributed by atoms with Crippen LogP contribution in [-0.4, -0.2) is 42.1 Å². The Balaban J connectivity index is 2.67. The second kappa shape index (κ2) is 8.76. The summed E-state index contributed by atoms with van der Waals surface area (Å²) in [4.78, 5) is 2.01. The minimum atomic E-state index is 0.566. The van der Waals surface area contributed by atoms with Gasteiger partial charge in [-0.15, -0.1) is 10.2 Å². The monoisotopic (exact) mass is 302 g/mol. The molecule has 0 bridgehead atoms. The van der Waals surface area contributed by atoms with Crippen molar-refractivity contribution < 1.29 is 0 Å². The highest BCUT2D eigenvalue weighted by atomic mass is 32.2. The molecule has 0 aliphatic heterocycles. The van der Waals surface area contributed by atoms with Crippen LogP contribution in [0.5, 0.6) is 0 Å². The SMILES string of the molecule is CCCC(NCC)C(CC)Sc1nnc(N(C)C)s1. The number of nitrogens with zero attached hydrogens (tertiary/aromatic N) is 3. The fraction of sp³-hybridized carbons (Fsp3) is 0.846. The Morgan fingerprint density at radius 2 is 2.00 bits per heavy atom. The molecule has 0 saturated heterocycles. The van der Waals surface area contributed by atoms with Crippen LogP contribution >= 0.6 is 23.1 Å². The van der Waals surface area contributed by atoms with Gasteiger partial charge in [0.25, 0.3) is 0 Å². The lowest BCUT2D eigenvalue weighted by atomic mass is 10.1. The van der Waals surface area contributed by atoms with Crippen LogP contribution in [0.3, 0.4) is 0 Å². The molecule has 0 fully saturated rings. The van der Waals surface area contributed by atoms with E-state index in [1.165, 1.54) is 12.8 Å². The molecule has 6 heteroatoms. The average Bonchev–Trinajstić information content (AvgIpc) is 2.84. The molecular formula is C13H26N4S2. The van der Waals surface area contributed by atoms with Crippen molar-refractivity contribution in [3.8, 4) is 0 Å². The van der Waals surface area contributed by atoms with Crippen molar-refractivity contribution in [3.05, 3.63) is 0 Å². The fourth-order valence-corrected chi connectivity index (χ4v) is 4.20. The Hall–Kier alpha value is -0.330. The van der Waals surface area contributed by atoms with Gasteiger partial charge < -0.3 is 10.2 Å². The number of rotatable bonds is 9. The smallest absolute Gasteiger partial charge is 0.208 e. The number of aromatic nitrogens is 2. The average molecular weight is 303 g/mol. The molecule has 2 unspecified atom stereocenters. The minimum Gasteiger partial charge on any atom is -0.353 e. The van der Waals surface area contributed by atoms with E-state index in [1.54, 1.807) is 11.3 Å². The van der Waals surface area contributed by atoms with Gasteiger partial charge in [0.2, 0.25) is 5.13 Å². The largest absolute Gasteiger partial charge is 0.353 e. The van der Waals surface area contributed by atoms with E-state index in [9.17, 15) is 0 Å². The van der Waals surface area contributed by atoms with E-state index in [0.717, 1.165) is 22.4 Å². The van der Waals surface area contributed by atoms with Gasteiger partial charge in [-0.2, -0.15) is 0 Å². The molecule has 1 N–H and O–H groups in total. The van der Waals surface area contributed by atoms with Crippen LogP contribution in [0.1, 0.15) is 40.0 Å². The van der Waals surface area contributed by atoms with Crippen molar-refractivity contribution in [2.24, 2.45) is 0 Å². The lowest BCUT2D eigenvalue weighted by Crippen LogP contribution is -2.37. The minimum absolute atomic E-state index is 0.566. The lowest BCUT2D eigenvalue weighted by Gasteiger charge is -2.25. The molecule has 1 heterocycles. The van der Waals surface area contributed by atoms with Gasteiger partial charge in [-0.3, -0.25) is 0 Å². The van der Waals surface area contributed by atoms with Gasteiger partial charge in [0.1, 0.15) is 0 Å². The Morgan fingerprint density at radius 3 is 2.47 bits per heavy atom. The summed E-state index contributed by atoms with van der Waals surface area (Å²) in [6.07, 6.45) is 3.59. The van der Waals surface area contributed by atoms with Crippen LogP contribution in [0.2, 0.25) is 0 Å². The second-order valence-corrected chi connectivity index (χ2v) is 7.20. The zero-order chi connectivity index (χ0) is 14.3. The van der Waals surface area contributed by atoms with Crippen molar-refractivity contribution in [3.63, 3.8) is 0 Å². The van der Waals surface area contributed by atoms with Crippen molar-refractivity contribution in [2.75, 3.05) is 25.5 Å². The molecule has 19 heavy (non-hydrogen) atoms. The highest BCUT2D eigenvalue weighted by Crippen LogP contribution is 2.33. The number of hydrogen-bond acceptors (Lipinski definition) is 6. The molecule has 0 spiro atoms. The summed E-state index contributed by atoms with van der Waals surface area (Å²) in [5.41, 5.74) is 0. The first-order valence-corrected chi connectivity index (χ1v) is 8.72.